The quantitative estimate of drug-likeness (QED) is 0.547. The molecule has 0 saturated heterocycles. The minimum atomic E-state index is -0.507. The molecule has 0 unspecified atom stereocenters. The first-order valence-electron chi connectivity index (χ1n) is 7.16. The van der Waals surface area contributed by atoms with E-state index >= 15 is 0 Å². The Morgan fingerprint density at radius 1 is 1.23 bits per heavy atom. The van der Waals surface area contributed by atoms with Gasteiger partial charge in [-0.15, -0.1) is 0 Å². The van der Waals surface area contributed by atoms with Crippen molar-refractivity contribution < 1.29 is 13.9 Å². The van der Waals surface area contributed by atoms with Crippen molar-refractivity contribution in [1.82, 2.24) is 4.98 Å². The summed E-state index contributed by atoms with van der Waals surface area (Å²) in [7, 11) is 0. The largest absolute Gasteiger partial charge is 0.466 e. The maximum atomic E-state index is 12.0. The second-order valence-corrected chi connectivity index (χ2v) is 4.89. The number of hydrogen-bond acceptors (Lipinski definition) is 5. The zero-order chi connectivity index (χ0) is 15.5. The van der Waals surface area contributed by atoms with Crippen LogP contribution in [0, 0.1) is 0 Å². The molecular weight excluding hydrogens is 282 g/mol. The number of hydrogen-bond donors (Lipinski definition) is 0. The third kappa shape index (κ3) is 2.70. The van der Waals surface area contributed by atoms with Gasteiger partial charge >= 0.3 is 11.6 Å². The van der Waals surface area contributed by atoms with Gasteiger partial charge in [0.15, 0.2) is 5.58 Å². The third-order valence-corrected chi connectivity index (χ3v) is 3.42. The van der Waals surface area contributed by atoms with Crippen LogP contribution in [0.3, 0.4) is 0 Å². The smallest absolute Gasteiger partial charge is 0.358 e. The summed E-state index contributed by atoms with van der Waals surface area (Å²) >= 11 is 0. The maximum absolute atomic E-state index is 12.0. The Kier molecular flexibility index (Phi) is 3.87. The van der Waals surface area contributed by atoms with Gasteiger partial charge in [-0.2, -0.15) is 0 Å². The van der Waals surface area contributed by atoms with Crippen molar-refractivity contribution in [2.45, 2.75) is 19.8 Å². The molecule has 5 nitrogen and oxygen atoms in total. The number of ether oxygens (including phenoxy) is 1. The fourth-order valence-corrected chi connectivity index (χ4v) is 2.38. The van der Waals surface area contributed by atoms with Crippen LogP contribution in [0.25, 0.3) is 21.9 Å². The summed E-state index contributed by atoms with van der Waals surface area (Å²) in [4.78, 5) is 27.8. The third-order valence-electron chi connectivity index (χ3n) is 3.42. The van der Waals surface area contributed by atoms with Crippen LogP contribution < -0.4 is 5.63 Å². The highest BCUT2D eigenvalue weighted by Gasteiger charge is 2.12. The van der Waals surface area contributed by atoms with E-state index in [-0.39, 0.29) is 24.5 Å². The number of aromatic nitrogens is 1. The molecule has 0 spiro atoms. The number of aryl methyl sites for hydroxylation is 1. The molecule has 2 aromatic carbocycles. The number of carbonyl (C=O) groups excluding carboxylic acids is 1. The highest BCUT2D eigenvalue weighted by atomic mass is 16.5. The summed E-state index contributed by atoms with van der Waals surface area (Å²) in [5.74, 6) is -0.346. The molecule has 5 heteroatoms. The maximum Gasteiger partial charge on any atom is 0.358 e. The first-order valence-corrected chi connectivity index (χ1v) is 7.16. The van der Waals surface area contributed by atoms with E-state index in [2.05, 4.69) is 4.98 Å². The predicted molar refractivity (Wildman–Crippen MR) is 82.7 cm³/mol. The summed E-state index contributed by atoms with van der Waals surface area (Å²) < 4.78 is 10.2. The van der Waals surface area contributed by atoms with Gasteiger partial charge in [0.2, 0.25) is 0 Å². The highest BCUT2D eigenvalue weighted by Crippen LogP contribution is 2.22. The van der Waals surface area contributed by atoms with Gasteiger partial charge in [-0.3, -0.25) is 4.79 Å². The average Bonchev–Trinajstić information content (AvgIpc) is 2.53. The zero-order valence-corrected chi connectivity index (χ0v) is 12.2. The Hall–Kier alpha value is -2.69. The molecule has 0 aliphatic heterocycles. The Morgan fingerprint density at radius 2 is 2.05 bits per heavy atom. The molecule has 0 N–H and O–H groups in total. The Labute approximate surface area is 126 Å². The number of carbonyl (C=O) groups is 1. The summed E-state index contributed by atoms with van der Waals surface area (Å²) in [5.41, 5.74) is 0.823. The number of nitrogens with zero attached hydrogens (tertiary/aromatic N) is 1. The second kappa shape index (κ2) is 5.97. The predicted octanol–water partition coefficient (Wildman–Crippen LogP) is 2.84. The molecule has 3 rings (SSSR count). The normalized spacial score (nSPS) is 11.0. The SMILES string of the molecule is CCOC(=O)CCc1nc2c(ccc3ccccc32)oc1=O. The van der Waals surface area contributed by atoms with E-state index in [4.69, 9.17) is 9.15 Å². The number of esters is 1. The molecule has 0 bridgehead atoms. The molecule has 1 aromatic heterocycles. The lowest BCUT2D eigenvalue weighted by atomic mass is 10.1. The van der Waals surface area contributed by atoms with E-state index in [1.807, 2.05) is 30.3 Å². The van der Waals surface area contributed by atoms with Crippen molar-refractivity contribution >= 4 is 27.8 Å². The summed E-state index contributed by atoms with van der Waals surface area (Å²) in [6, 6.07) is 11.4. The van der Waals surface area contributed by atoms with Gasteiger partial charge in [0.25, 0.3) is 0 Å². The van der Waals surface area contributed by atoms with E-state index in [0.717, 1.165) is 10.8 Å². The van der Waals surface area contributed by atoms with E-state index < -0.39 is 5.63 Å². The van der Waals surface area contributed by atoms with Crippen LogP contribution in [-0.2, 0) is 16.0 Å². The average molecular weight is 297 g/mol. The fourth-order valence-electron chi connectivity index (χ4n) is 2.38. The van der Waals surface area contributed by atoms with Crippen LogP contribution in [0.2, 0.25) is 0 Å². The lowest BCUT2D eigenvalue weighted by Gasteiger charge is -2.04. The number of fused-ring (bicyclic) bond motifs is 3. The molecule has 0 radical (unpaired) electrons. The van der Waals surface area contributed by atoms with Crippen molar-refractivity contribution in [3.63, 3.8) is 0 Å². The first-order chi connectivity index (χ1) is 10.7. The van der Waals surface area contributed by atoms with Gasteiger partial charge in [0.1, 0.15) is 11.2 Å². The van der Waals surface area contributed by atoms with Crippen LogP contribution in [-0.4, -0.2) is 17.6 Å². The highest BCUT2D eigenvalue weighted by molar-refractivity contribution is 6.02. The summed E-state index contributed by atoms with van der Waals surface area (Å²) in [5, 5.41) is 1.94. The van der Waals surface area contributed by atoms with Crippen LogP contribution in [0.15, 0.2) is 45.6 Å². The molecule has 0 aliphatic carbocycles. The van der Waals surface area contributed by atoms with Gasteiger partial charge in [0.05, 0.1) is 13.0 Å². The Morgan fingerprint density at radius 3 is 2.86 bits per heavy atom. The van der Waals surface area contributed by atoms with Crippen molar-refractivity contribution in [3.8, 4) is 0 Å². The molecule has 112 valence electrons. The summed E-state index contributed by atoms with van der Waals surface area (Å²) in [6.45, 7) is 2.07. The fraction of sp³-hybridized carbons (Fsp3) is 0.235. The monoisotopic (exact) mass is 297 g/mol. The van der Waals surface area contributed by atoms with Gasteiger partial charge < -0.3 is 9.15 Å². The molecule has 0 amide bonds. The Balaban J connectivity index is 2.04. The van der Waals surface area contributed by atoms with Gasteiger partial charge in [-0.1, -0.05) is 30.3 Å². The van der Waals surface area contributed by atoms with Crippen molar-refractivity contribution in [2.24, 2.45) is 0 Å². The summed E-state index contributed by atoms with van der Waals surface area (Å²) in [6.07, 6.45) is 0.322. The van der Waals surface area contributed by atoms with Crippen LogP contribution >= 0.6 is 0 Å². The minimum Gasteiger partial charge on any atom is -0.466 e. The van der Waals surface area contributed by atoms with Crippen molar-refractivity contribution in [2.75, 3.05) is 6.61 Å². The second-order valence-electron chi connectivity index (χ2n) is 4.89. The van der Waals surface area contributed by atoms with E-state index in [1.54, 1.807) is 13.0 Å². The van der Waals surface area contributed by atoms with E-state index in [9.17, 15) is 9.59 Å². The molecule has 0 atom stereocenters. The molecule has 1 heterocycles. The minimum absolute atomic E-state index is 0.113. The van der Waals surface area contributed by atoms with Crippen LogP contribution in [0.5, 0.6) is 0 Å². The van der Waals surface area contributed by atoms with Gasteiger partial charge in [-0.25, -0.2) is 9.78 Å². The van der Waals surface area contributed by atoms with E-state index in [1.165, 1.54) is 0 Å². The lowest BCUT2D eigenvalue weighted by molar-refractivity contribution is -0.143. The molecule has 0 fully saturated rings. The van der Waals surface area contributed by atoms with Gasteiger partial charge in [0, 0.05) is 11.8 Å². The van der Waals surface area contributed by atoms with Crippen molar-refractivity contribution in [1.29, 1.82) is 0 Å². The van der Waals surface area contributed by atoms with Gasteiger partial charge in [-0.05, 0) is 18.4 Å². The molecule has 22 heavy (non-hydrogen) atoms. The van der Waals surface area contributed by atoms with Crippen LogP contribution in [0.1, 0.15) is 19.0 Å². The standard InChI is InChI=1S/C17H15NO4/c1-2-21-15(19)10-8-13-17(20)22-14-9-7-11-5-3-4-6-12(11)16(14)18-13/h3-7,9H,2,8,10H2,1H3. The molecular formula is C17H15NO4. The molecule has 0 saturated carbocycles. The van der Waals surface area contributed by atoms with Crippen molar-refractivity contribution in [3.05, 3.63) is 52.5 Å². The number of rotatable bonds is 4. The lowest BCUT2D eigenvalue weighted by Crippen LogP contribution is -2.13. The topological polar surface area (TPSA) is 69.4 Å². The zero-order valence-electron chi connectivity index (χ0n) is 12.2. The van der Waals surface area contributed by atoms with Crippen LogP contribution in [0.4, 0.5) is 0 Å². The number of benzene rings is 2. The first kappa shape index (κ1) is 14.3. The molecule has 3 aromatic rings. The molecule has 0 aliphatic rings. The van der Waals surface area contributed by atoms with E-state index in [0.29, 0.717) is 17.7 Å². The Bertz CT molecular complexity index is 898.